The van der Waals surface area contributed by atoms with Gasteiger partial charge in [-0.15, -0.1) is 0 Å². The predicted molar refractivity (Wildman–Crippen MR) is 53.7 cm³/mol. The molecule has 0 aliphatic heterocycles. The lowest BCUT2D eigenvalue weighted by Gasteiger charge is -1.95. The fraction of sp³-hybridized carbons (Fsp3) is 1.00. The molecule has 0 heterocycles. The first-order valence-electron chi connectivity index (χ1n) is 3.27. The zero-order valence-corrected chi connectivity index (χ0v) is 8.33. The van der Waals surface area contributed by atoms with Gasteiger partial charge in [0.1, 0.15) is 0 Å². The Morgan fingerprint density at radius 2 is 1.89 bits per heavy atom. The van der Waals surface area contributed by atoms with Crippen molar-refractivity contribution >= 4 is 34.2 Å². The van der Waals surface area contributed by atoms with Gasteiger partial charge in [0.25, 0.3) is 0 Å². The molecule has 0 spiro atoms. The monoisotopic (exact) mass is 182 g/mol. The van der Waals surface area contributed by atoms with Crippen LogP contribution in [-0.2, 0) is 0 Å². The van der Waals surface area contributed by atoms with Crippen molar-refractivity contribution in [1.82, 2.24) is 0 Å². The van der Waals surface area contributed by atoms with Crippen molar-refractivity contribution in [2.75, 3.05) is 17.3 Å². The summed E-state index contributed by atoms with van der Waals surface area (Å²) >= 11 is 4.12. The maximum Gasteiger partial charge on any atom is 0.00447 e. The highest BCUT2D eigenvalue weighted by molar-refractivity contribution is 8.76. The summed E-state index contributed by atoms with van der Waals surface area (Å²) < 4.78 is 0. The second-order valence-corrected chi connectivity index (χ2v) is 4.87. The fourth-order valence-corrected chi connectivity index (χ4v) is 2.92. The second kappa shape index (κ2) is 9.05. The van der Waals surface area contributed by atoms with Crippen molar-refractivity contribution in [2.45, 2.75) is 19.8 Å². The minimum Gasteiger partial charge on any atom is -0.179 e. The molecule has 0 aromatic rings. The Morgan fingerprint density at radius 1 is 1.22 bits per heavy atom. The average molecular weight is 182 g/mol. The predicted octanol–water partition coefficient (Wildman–Crippen LogP) is 3.10. The van der Waals surface area contributed by atoms with Crippen LogP contribution in [0.3, 0.4) is 0 Å². The van der Waals surface area contributed by atoms with E-state index in [1.165, 1.54) is 24.3 Å². The van der Waals surface area contributed by atoms with Crippen LogP contribution in [0.5, 0.6) is 0 Å². The maximum absolute atomic E-state index is 4.12. The van der Waals surface area contributed by atoms with Gasteiger partial charge in [-0.1, -0.05) is 28.5 Å². The molecule has 0 saturated heterocycles. The highest BCUT2D eigenvalue weighted by Gasteiger charge is 1.86. The van der Waals surface area contributed by atoms with Gasteiger partial charge in [-0.25, -0.2) is 0 Å². The minimum absolute atomic E-state index is 1.03. The van der Waals surface area contributed by atoms with Crippen molar-refractivity contribution in [1.29, 1.82) is 0 Å². The normalized spacial score (nSPS) is 10.0. The van der Waals surface area contributed by atoms with Crippen molar-refractivity contribution in [2.24, 2.45) is 0 Å². The van der Waals surface area contributed by atoms with Crippen LogP contribution in [0.4, 0.5) is 0 Å². The highest BCUT2D eigenvalue weighted by atomic mass is 33.1. The van der Waals surface area contributed by atoms with Crippen molar-refractivity contribution < 1.29 is 0 Å². The fourth-order valence-electron chi connectivity index (χ4n) is 0.325. The molecule has 0 aliphatic rings. The van der Waals surface area contributed by atoms with E-state index in [9.17, 15) is 0 Å². The minimum atomic E-state index is 1.03. The molecule has 0 fully saturated rings. The zero-order chi connectivity index (χ0) is 6.95. The molecule has 0 nitrogen and oxygen atoms in total. The Labute approximate surface area is 71.4 Å². The molecule has 0 amide bonds. The molecule has 0 saturated carbocycles. The second-order valence-electron chi connectivity index (χ2n) is 1.72. The van der Waals surface area contributed by atoms with Crippen LogP contribution in [0.15, 0.2) is 0 Å². The van der Waals surface area contributed by atoms with Crippen LogP contribution < -0.4 is 0 Å². The molecule has 3 heteroatoms. The van der Waals surface area contributed by atoms with E-state index in [0.717, 1.165) is 5.75 Å². The first kappa shape index (κ1) is 10.0. The van der Waals surface area contributed by atoms with E-state index in [-0.39, 0.29) is 0 Å². The topological polar surface area (TPSA) is 0 Å². The average Bonchev–Trinajstić information content (AvgIpc) is 1.89. The Bertz CT molecular complexity index is 41.6. The summed E-state index contributed by atoms with van der Waals surface area (Å²) in [5, 5.41) is 0. The van der Waals surface area contributed by atoms with Crippen LogP contribution in [-0.4, -0.2) is 17.3 Å². The molecule has 0 unspecified atom stereocenters. The van der Waals surface area contributed by atoms with Crippen LogP contribution >= 0.6 is 34.2 Å². The van der Waals surface area contributed by atoms with Crippen molar-refractivity contribution in [3.63, 3.8) is 0 Å². The van der Waals surface area contributed by atoms with Gasteiger partial charge in [0.15, 0.2) is 0 Å². The highest BCUT2D eigenvalue weighted by Crippen LogP contribution is 2.22. The van der Waals surface area contributed by atoms with Crippen molar-refractivity contribution in [3.05, 3.63) is 0 Å². The van der Waals surface area contributed by atoms with Crippen molar-refractivity contribution in [3.8, 4) is 0 Å². The summed E-state index contributed by atoms with van der Waals surface area (Å²) in [5.41, 5.74) is 0. The summed E-state index contributed by atoms with van der Waals surface area (Å²) in [4.78, 5) is 0. The number of rotatable bonds is 6. The zero-order valence-electron chi connectivity index (χ0n) is 5.80. The summed E-state index contributed by atoms with van der Waals surface area (Å²) in [6, 6.07) is 0. The molecule has 0 radical (unpaired) electrons. The van der Waals surface area contributed by atoms with Gasteiger partial charge in [0.05, 0.1) is 0 Å². The number of thiol groups is 1. The van der Waals surface area contributed by atoms with Crippen LogP contribution in [0.2, 0.25) is 0 Å². The smallest absolute Gasteiger partial charge is 0.00447 e. The van der Waals surface area contributed by atoms with Gasteiger partial charge >= 0.3 is 0 Å². The lowest BCUT2D eigenvalue weighted by molar-refractivity contribution is 1.11. The van der Waals surface area contributed by atoms with E-state index in [4.69, 9.17) is 0 Å². The maximum atomic E-state index is 4.12. The quantitative estimate of drug-likeness (QED) is 0.381. The molecule has 0 aromatic carbocycles. The molecular formula is C6H14S3. The summed E-state index contributed by atoms with van der Waals surface area (Å²) in [6.45, 7) is 2.21. The van der Waals surface area contributed by atoms with Gasteiger partial charge in [0, 0.05) is 11.5 Å². The Hall–Kier alpha value is 1.05. The van der Waals surface area contributed by atoms with Crippen LogP contribution in [0.1, 0.15) is 19.8 Å². The molecule has 0 bridgehead atoms. The van der Waals surface area contributed by atoms with E-state index in [0.29, 0.717) is 0 Å². The molecule has 0 rings (SSSR count). The SMILES string of the molecule is CCCSSCCCS. The molecule has 56 valence electrons. The molecule has 0 atom stereocenters. The van der Waals surface area contributed by atoms with Gasteiger partial charge in [-0.05, 0) is 18.6 Å². The molecule has 0 aromatic heterocycles. The standard InChI is InChI=1S/C6H14S3/c1-2-5-8-9-6-3-4-7/h7H,2-6H2,1H3. The van der Waals surface area contributed by atoms with Crippen LogP contribution in [0, 0.1) is 0 Å². The molecule has 0 N–H and O–H groups in total. The Morgan fingerprint density at radius 3 is 2.44 bits per heavy atom. The van der Waals surface area contributed by atoms with E-state index >= 15 is 0 Å². The third-order valence-corrected chi connectivity index (χ3v) is 3.77. The van der Waals surface area contributed by atoms with E-state index in [1.54, 1.807) is 0 Å². The van der Waals surface area contributed by atoms with E-state index in [1.807, 2.05) is 21.6 Å². The summed E-state index contributed by atoms with van der Waals surface area (Å²) in [5.74, 6) is 3.57. The molecule has 9 heavy (non-hydrogen) atoms. The lowest BCUT2D eigenvalue weighted by atomic mass is 10.6. The van der Waals surface area contributed by atoms with Gasteiger partial charge in [-0.3, -0.25) is 0 Å². The lowest BCUT2D eigenvalue weighted by Crippen LogP contribution is -1.77. The first-order chi connectivity index (χ1) is 4.41. The van der Waals surface area contributed by atoms with Gasteiger partial charge in [-0.2, -0.15) is 12.6 Å². The molecular weight excluding hydrogens is 168 g/mol. The Kier molecular flexibility index (Phi) is 10.1. The number of hydrogen-bond acceptors (Lipinski definition) is 3. The third kappa shape index (κ3) is 9.05. The number of hydrogen-bond donors (Lipinski definition) is 1. The van der Waals surface area contributed by atoms with E-state index < -0.39 is 0 Å². The first-order valence-corrected chi connectivity index (χ1v) is 6.39. The van der Waals surface area contributed by atoms with Gasteiger partial charge in [0.2, 0.25) is 0 Å². The Balaban J connectivity index is 2.60. The summed E-state index contributed by atoms with van der Waals surface area (Å²) in [6.07, 6.45) is 2.53. The largest absolute Gasteiger partial charge is 0.179 e. The van der Waals surface area contributed by atoms with Gasteiger partial charge < -0.3 is 0 Å². The molecule has 0 aliphatic carbocycles. The third-order valence-electron chi connectivity index (χ3n) is 0.757. The summed E-state index contributed by atoms with van der Waals surface area (Å²) in [7, 11) is 3.95. The van der Waals surface area contributed by atoms with E-state index in [2.05, 4.69) is 19.6 Å². The van der Waals surface area contributed by atoms with Crippen LogP contribution in [0.25, 0.3) is 0 Å².